The van der Waals surface area contributed by atoms with E-state index in [4.69, 9.17) is 9.72 Å². The van der Waals surface area contributed by atoms with Gasteiger partial charge in [-0.2, -0.15) is 0 Å². The molecule has 3 heterocycles. The average molecular weight is 458 g/mol. The monoisotopic (exact) mass is 457 g/mol. The van der Waals surface area contributed by atoms with Gasteiger partial charge in [-0.1, -0.05) is 26.8 Å². The van der Waals surface area contributed by atoms with E-state index in [1.165, 1.54) is 11.1 Å². The molecule has 7 heteroatoms. The Morgan fingerprint density at radius 3 is 2.71 bits per heavy atom. The van der Waals surface area contributed by atoms with Gasteiger partial charge in [-0.15, -0.1) is 0 Å². The maximum atomic E-state index is 13.0. The van der Waals surface area contributed by atoms with Crippen LogP contribution in [0.3, 0.4) is 0 Å². The summed E-state index contributed by atoms with van der Waals surface area (Å²) in [6.45, 7) is 7.90. The molecule has 1 aliphatic carbocycles. The van der Waals surface area contributed by atoms with Crippen LogP contribution in [0.15, 0.2) is 36.7 Å². The molecule has 0 unspecified atom stereocenters. The summed E-state index contributed by atoms with van der Waals surface area (Å²) in [7, 11) is 0. The number of nitrogens with one attached hydrogen (secondary N) is 3. The molecular formula is C27H29N4O3+. The number of nitrogens with zero attached hydrogens (tertiary/aromatic N) is 1. The maximum absolute atomic E-state index is 13.0. The molecule has 0 fully saturated rings. The largest absolute Gasteiger partial charge is 0.461 e. The summed E-state index contributed by atoms with van der Waals surface area (Å²) in [4.78, 5) is 39.6. The van der Waals surface area contributed by atoms with Crippen LogP contribution in [0.4, 0.5) is 0 Å². The number of fused-ring (bicyclic) bond motifs is 2. The first kappa shape index (κ1) is 22.1. The number of aromatic amines is 3. The van der Waals surface area contributed by atoms with Gasteiger partial charge >= 0.3 is 11.6 Å². The molecule has 0 saturated carbocycles. The van der Waals surface area contributed by atoms with Gasteiger partial charge in [0.05, 0.1) is 12.2 Å². The summed E-state index contributed by atoms with van der Waals surface area (Å²) in [5, 5.41) is 0.970. The van der Waals surface area contributed by atoms with E-state index in [2.05, 4.69) is 27.1 Å². The van der Waals surface area contributed by atoms with Gasteiger partial charge in [-0.3, -0.25) is 4.79 Å². The van der Waals surface area contributed by atoms with Crippen LogP contribution in [0.2, 0.25) is 0 Å². The Hall–Kier alpha value is -3.74. The third kappa shape index (κ3) is 3.81. The first-order valence-corrected chi connectivity index (χ1v) is 11.7. The highest BCUT2D eigenvalue weighted by Crippen LogP contribution is 2.40. The number of carbonyl (C=O) groups is 2. The van der Waals surface area contributed by atoms with Crippen LogP contribution in [0.1, 0.15) is 79.1 Å². The predicted octanol–water partition coefficient (Wildman–Crippen LogP) is 5.36. The van der Waals surface area contributed by atoms with Crippen molar-refractivity contribution in [1.29, 1.82) is 0 Å². The number of ether oxygens (including phenoxy) is 1. The minimum absolute atomic E-state index is 0.0627. The quantitative estimate of drug-likeness (QED) is 0.311. The van der Waals surface area contributed by atoms with E-state index < -0.39 is 5.41 Å². The van der Waals surface area contributed by atoms with Crippen LogP contribution in [-0.2, 0) is 4.74 Å². The number of carbonyl (C=O) groups excluding carboxylic acids is 2. The zero-order valence-electron chi connectivity index (χ0n) is 20.0. The zero-order chi connectivity index (χ0) is 24.0. The predicted molar refractivity (Wildman–Crippen MR) is 131 cm³/mol. The van der Waals surface area contributed by atoms with Crippen molar-refractivity contribution in [1.82, 2.24) is 15.0 Å². The van der Waals surface area contributed by atoms with Gasteiger partial charge in [0, 0.05) is 16.3 Å². The normalized spacial score (nSPS) is 14.4. The Labute approximate surface area is 197 Å². The lowest BCUT2D eigenvalue weighted by Gasteiger charge is -2.14. The lowest BCUT2D eigenvalue weighted by atomic mass is 9.87. The molecule has 1 aromatic carbocycles. The van der Waals surface area contributed by atoms with E-state index in [0.29, 0.717) is 23.4 Å². The smallest absolute Gasteiger partial charge is 0.354 e. The van der Waals surface area contributed by atoms with E-state index in [1.807, 2.05) is 39.1 Å². The van der Waals surface area contributed by atoms with Crippen LogP contribution in [0.25, 0.3) is 33.2 Å². The lowest BCUT2D eigenvalue weighted by molar-refractivity contribution is -0.348. The number of ketones is 1. The highest BCUT2D eigenvalue weighted by atomic mass is 16.5. The van der Waals surface area contributed by atoms with Gasteiger partial charge in [0.1, 0.15) is 23.8 Å². The number of rotatable bonds is 5. The topological polar surface area (TPSA) is 102 Å². The highest BCUT2D eigenvalue weighted by Gasteiger charge is 2.29. The van der Waals surface area contributed by atoms with Crippen molar-refractivity contribution in [2.75, 3.05) is 6.61 Å². The molecule has 0 aliphatic heterocycles. The fourth-order valence-electron chi connectivity index (χ4n) is 4.65. The number of hydrogen-bond donors (Lipinski definition) is 2. The summed E-state index contributed by atoms with van der Waals surface area (Å²) in [5.41, 5.74) is 7.33. The van der Waals surface area contributed by atoms with Crippen LogP contribution in [0.5, 0.6) is 0 Å². The Bertz CT molecular complexity index is 1470. The van der Waals surface area contributed by atoms with E-state index in [-0.39, 0.29) is 11.8 Å². The second kappa shape index (κ2) is 8.24. The fourth-order valence-corrected chi connectivity index (χ4v) is 4.65. The number of H-pyrrole nitrogens is 3. The summed E-state index contributed by atoms with van der Waals surface area (Å²) in [5.74, 6) is -0.283. The second-order valence-corrected chi connectivity index (χ2v) is 9.81. The Morgan fingerprint density at radius 1 is 1.15 bits per heavy atom. The van der Waals surface area contributed by atoms with Crippen LogP contribution in [0, 0.1) is 5.41 Å². The van der Waals surface area contributed by atoms with Crippen molar-refractivity contribution >= 4 is 45.0 Å². The Balaban J connectivity index is 1.56. The molecule has 0 atom stereocenters. The molecule has 7 nitrogen and oxygen atoms in total. The number of hydrogen-bond acceptors (Lipinski definition) is 4. The molecule has 0 bridgehead atoms. The van der Waals surface area contributed by atoms with E-state index in [1.54, 1.807) is 13.1 Å². The number of allylic oxidation sites excluding steroid dienone is 2. The highest BCUT2D eigenvalue weighted by molar-refractivity contribution is 6.08. The number of aromatic nitrogens is 4. The molecule has 34 heavy (non-hydrogen) atoms. The van der Waals surface area contributed by atoms with E-state index in [0.717, 1.165) is 47.1 Å². The molecule has 0 amide bonds. The average Bonchev–Trinajstić information content (AvgIpc) is 3.54. The van der Waals surface area contributed by atoms with Crippen LogP contribution < -0.4 is 4.98 Å². The van der Waals surface area contributed by atoms with E-state index >= 15 is 0 Å². The summed E-state index contributed by atoms with van der Waals surface area (Å²) in [6, 6.07) is 8.05. The van der Waals surface area contributed by atoms with Crippen molar-refractivity contribution in [2.24, 2.45) is 5.41 Å². The third-order valence-corrected chi connectivity index (χ3v) is 6.36. The SMILES string of the molecule is CCOC(=O)c1cc2cc(C3=C(c4c[nH+]c5[nH]cc(C(=O)C(C)(C)C)c5n4)CCC3)ccc2[nH]1. The molecule has 0 saturated heterocycles. The Kier molecular flexibility index (Phi) is 5.35. The maximum Gasteiger partial charge on any atom is 0.354 e. The summed E-state index contributed by atoms with van der Waals surface area (Å²) in [6.07, 6.45) is 6.59. The first-order valence-electron chi connectivity index (χ1n) is 11.7. The van der Waals surface area contributed by atoms with Gasteiger partial charge in [0.25, 0.3) is 0 Å². The molecule has 4 aromatic rings. The van der Waals surface area contributed by atoms with Gasteiger partial charge < -0.3 is 9.72 Å². The molecule has 0 spiro atoms. The molecule has 3 N–H and O–H groups in total. The minimum atomic E-state index is -0.487. The lowest BCUT2D eigenvalue weighted by Crippen LogP contribution is -2.20. The van der Waals surface area contributed by atoms with Crippen LogP contribution >= 0.6 is 0 Å². The zero-order valence-corrected chi connectivity index (χ0v) is 20.0. The third-order valence-electron chi connectivity index (χ3n) is 6.36. The van der Waals surface area contributed by atoms with Crippen molar-refractivity contribution in [3.63, 3.8) is 0 Å². The van der Waals surface area contributed by atoms with Gasteiger partial charge in [-0.25, -0.2) is 19.7 Å². The first-order chi connectivity index (χ1) is 16.3. The molecule has 3 aromatic heterocycles. The molecule has 1 aliphatic rings. The molecule has 5 rings (SSSR count). The minimum Gasteiger partial charge on any atom is -0.461 e. The van der Waals surface area contributed by atoms with Crippen molar-refractivity contribution < 1.29 is 19.3 Å². The Morgan fingerprint density at radius 2 is 1.94 bits per heavy atom. The summed E-state index contributed by atoms with van der Waals surface area (Å²) >= 11 is 0. The fraction of sp³-hybridized carbons (Fsp3) is 0.333. The van der Waals surface area contributed by atoms with Gasteiger partial charge in [0.15, 0.2) is 11.3 Å². The molecule has 0 radical (unpaired) electrons. The van der Waals surface area contributed by atoms with Gasteiger partial charge in [0.2, 0.25) is 0 Å². The van der Waals surface area contributed by atoms with Gasteiger partial charge in [-0.05, 0) is 61.1 Å². The van der Waals surface area contributed by atoms with Crippen molar-refractivity contribution in [2.45, 2.75) is 47.0 Å². The van der Waals surface area contributed by atoms with Crippen LogP contribution in [-0.4, -0.2) is 33.3 Å². The number of Topliss-reactive ketones (excluding diaryl/α,β-unsaturated/α-hetero) is 1. The number of benzene rings is 1. The standard InChI is InChI=1S/C27H28N4O3/c1-5-34-26(33)21-12-16-11-15(9-10-20(16)30-21)17-7-6-8-18(17)22-14-29-25-23(31-22)19(13-28-25)24(32)27(2,3)4/h9-14,30H,5-8H2,1-4H3,(H,28,29)/p+1. The van der Waals surface area contributed by atoms with Crippen molar-refractivity contribution in [3.05, 3.63) is 59.2 Å². The second-order valence-electron chi connectivity index (χ2n) is 9.81. The van der Waals surface area contributed by atoms with E-state index in [9.17, 15) is 9.59 Å². The molecular weight excluding hydrogens is 428 g/mol. The molecule has 174 valence electrons. The summed E-state index contributed by atoms with van der Waals surface area (Å²) < 4.78 is 5.12. The van der Waals surface area contributed by atoms with Crippen molar-refractivity contribution in [3.8, 4) is 0 Å². The number of esters is 1.